The summed E-state index contributed by atoms with van der Waals surface area (Å²) in [6.07, 6.45) is 0.273. The monoisotopic (exact) mass is 300 g/mol. The SMILES string of the molecule is CC(C(=O)O)N1CCN(C(=O)NCCC(=O)N(C)C)CC1. The number of nitrogens with zero attached hydrogens (tertiary/aromatic N) is 3. The highest BCUT2D eigenvalue weighted by Crippen LogP contribution is 2.06. The summed E-state index contributed by atoms with van der Waals surface area (Å²) in [6, 6.07) is -0.739. The molecular formula is C13H24N4O4. The van der Waals surface area contributed by atoms with Crippen molar-refractivity contribution in [2.75, 3.05) is 46.8 Å². The molecule has 21 heavy (non-hydrogen) atoms. The fourth-order valence-corrected chi connectivity index (χ4v) is 2.08. The summed E-state index contributed by atoms with van der Waals surface area (Å²) in [4.78, 5) is 39.2. The molecule has 0 spiro atoms. The highest BCUT2D eigenvalue weighted by molar-refractivity contribution is 5.78. The third-order valence-electron chi connectivity index (χ3n) is 3.62. The fourth-order valence-electron chi connectivity index (χ4n) is 2.08. The van der Waals surface area contributed by atoms with Crippen LogP contribution < -0.4 is 5.32 Å². The number of carboxylic acids is 1. The Morgan fingerprint density at radius 1 is 1.19 bits per heavy atom. The number of amides is 3. The van der Waals surface area contributed by atoms with E-state index in [0.29, 0.717) is 32.7 Å². The lowest BCUT2D eigenvalue weighted by Crippen LogP contribution is -2.55. The van der Waals surface area contributed by atoms with Crippen molar-refractivity contribution in [1.82, 2.24) is 20.0 Å². The summed E-state index contributed by atoms with van der Waals surface area (Å²) in [5, 5.41) is 11.7. The molecule has 0 saturated carbocycles. The zero-order valence-electron chi connectivity index (χ0n) is 12.8. The van der Waals surface area contributed by atoms with E-state index in [9.17, 15) is 14.4 Å². The summed E-state index contributed by atoms with van der Waals surface area (Å²) in [5.41, 5.74) is 0. The smallest absolute Gasteiger partial charge is 0.320 e. The molecule has 1 rings (SSSR count). The molecule has 3 amide bonds. The zero-order valence-corrected chi connectivity index (χ0v) is 12.8. The van der Waals surface area contributed by atoms with E-state index in [1.807, 2.05) is 4.90 Å². The first-order valence-corrected chi connectivity index (χ1v) is 7.02. The molecule has 1 unspecified atom stereocenters. The van der Waals surface area contributed by atoms with E-state index in [1.54, 1.807) is 25.9 Å². The van der Waals surface area contributed by atoms with Crippen LogP contribution in [-0.4, -0.2) is 90.6 Å². The quantitative estimate of drug-likeness (QED) is 0.698. The number of carboxylic acid groups (broad SMARTS) is 1. The average molecular weight is 300 g/mol. The van der Waals surface area contributed by atoms with Crippen molar-refractivity contribution in [2.45, 2.75) is 19.4 Å². The van der Waals surface area contributed by atoms with E-state index >= 15 is 0 Å². The Hall–Kier alpha value is -1.83. The number of hydrogen-bond acceptors (Lipinski definition) is 4. The van der Waals surface area contributed by atoms with Crippen LogP contribution in [0.4, 0.5) is 4.79 Å². The summed E-state index contributed by atoms with van der Waals surface area (Å²) >= 11 is 0. The van der Waals surface area contributed by atoms with Crippen LogP contribution in [0.3, 0.4) is 0 Å². The average Bonchev–Trinajstić information content (AvgIpc) is 2.46. The molecule has 0 aromatic carbocycles. The molecule has 1 heterocycles. The maximum Gasteiger partial charge on any atom is 0.320 e. The third-order valence-corrected chi connectivity index (χ3v) is 3.62. The third kappa shape index (κ3) is 5.22. The molecule has 1 aliphatic rings. The largest absolute Gasteiger partial charge is 0.480 e. The predicted molar refractivity (Wildman–Crippen MR) is 77.0 cm³/mol. The molecule has 8 heteroatoms. The van der Waals surface area contributed by atoms with Gasteiger partial charge in [-0.15, -0.1) is 0 Å². The van der Waals surface area contributed by atoms with Gasteiger partial charge in [0.15, 0.2) is 0 Å². The van der Waals surface area contributed by atoms with E-state index in [2.05, 4.69) is 5.32 Å². The molecule has 1 saturated heterocycles. The van der Waals surface area contributed by atoms with Crippen molar-refractivity contribution in [2.24, 2.45) is 0 Å². The molecule has 0 aliphatic carbocycles. The van der Waals surface area contributed by atoms with Gasteiger partial charge in [-0.1, -0.05) is 0 Å². The summed E-state index contributed by atoms with van der Waals surface area (Å²) in [6.45, 7) is 4.01. The standard InChI is InChI=1S/C13H24N4O4/c1-10(12(19)20)16-6-8-17(9-7-16)13(21)14-5-4-11(18)15(2)3/h10H,4-9H2,1-3H3,(H,14,21)(H,19,20). The second kappa shape index (κ2) is 7.82. The molecule has 0 bridgehead atoms. The number of hydrogen-bond donors (Lipinski definition) is 2. The first-order valence-electron chi connectivity index (χ1n) is 7.02. The van der Waals surface area contributed by atoms with E-state index < -0.39 is 12.0 Å². The lowest BCUT2D eigenvalue weighted by atomic mass is 10.2. The van der Waals surface area contributed by atoms with Gasteiger partial charge in [-0.05, 0) is 6.92 Å². The van der Waals surface area contributed by atoms with Crippen LogP contribution in [0.2, 0.25) is 0 Å². The van der Waals surface area contributed by atoms with Gasteiger partial charge in [0.1, 0.15) is 6.04 Å². The van der Waals surface area contributed by atoms with Crippen molar-refractivity contribution >= 4 is 17.9 Å². The molecule has 0 aromatic rings. The Kier molecular flexibility index (Phi) is 6.41. The Morgan fingerprint density at radius 2 is 1.76 bits per heavy atom. The van der Waals surface area contributed by atoms with Crippen molar-refractivity contribution in [3.63, 3.8) is 0 Å². The van der Waals surface area contributed by atoms with Crippen LogP contribution in [0.5, 0.6) is 0 Å². The molecule has 0 aromatic heterocycles. The van der Waals surface area contributed by atoms with E-state index in [0.717, 1.165) is 0 Å². The topological polar surface area (TPSA) is 93.2 Å². The zero-order chi connectivity index (χ0) is 16.0. The van der Waals surface area contributed by atoms with Gasteiger partial charge in [-0.3, -0.25) is 14.5 Å². The van der Waals surface area contributed by atoms with Crippen molar-refractivity contribution < 1.29 is 19.5 Å². The summed E-state index contributed by atoms with van der Waals surface area (Å²) in [7, 11) is 3.35. The number of piperazine rings is 1. The van der Waals surface area contributed by atoms with Gasteiger partial charge < -0.3 is 20.2 Å². The minimum absolute atomic E-state index is 0.0320. The number of carbonyl (C=O) groups excluding carboxylic acids is 2. The van der Waals surface area contributed by atoms with E-state index in [-0.39, 0.29) is 18.4 Å². The summed E-state index contributed by atoms with van der Waals surface area (Å²) < 4.78 is 0. The minimum atomic E-state index is -0.852. The molecule has 8 nitrogen and oxygen atoms in total. The second-order valence-corrected chi connectivity index (χ2v) is 5.31. The highest BCUT2D eigenvalue weighted by Gasteiger charge is 2.26. The predicted octanol–water partition coefficient (Wildman–Crippen LogP) is -0.735. The first-order chi connectivity index (χ1) is 9.82. The number of carbonyl (C=O) groups is 3. The van der Waals surface area contributed by atoms with E-state index in [1.165, 1.54) is 4.90 Å². The molecule has 1 fully saturated rings. The Balaban J connectivity index is 2.29. The normalized spacial score (nSPS) is 17.2. The number of nitrogens with one attached hydrogen (secondary N) is 1. The lowest BCUT2D eigenvalue weighted by Gasteiger charge is -2.36. The van der Waals surface area contributed by atoms with Gasteiger partial charge >= 0.3 is 12.0 Å². The summed E-state index contributed by atoms with van der Waals surface area (Å²) in [5.74, 6) is -0.884. The first kappa shape index (κ1) is 17.2. The Morgan fingerprint density at radius 3 is 2.24 bits per heavy atom. The minimum Gasteiger partial charge on any atom is -0.480 e. The van der Waals surface area contributed by atoms with Crippen molar-refractivity contribution in [3.8, 4) is 0 Å². The maximum absolute atomic E-state index is 11.9. The molecule has 1 aliphatic heterocycles. The molecule has 2 N–H and O–H groups in total. The van der Waals surface area contributed by atoms with Crippen LogP contribution in [0.25, 0.3) is 0 Å². The number of urea groups is 1. The van der Waals surface area contributed by atoms with Crippen LogP contribution in [0, 0.1) is 0 Å². The number of rotatable bonds is 5. The van der Waals surface area contributed by atoms with Gasteiger partial charge in [0.05, 0.1) is 0 Å². The van der Waals surface area contributed by atoms with Crippen molar-refractivity contribution in [1.29, 1.82) is 0 Å². The van der Waals surface area contributed by atoms with Gasteiger partial charge in [-0.25, -0.2) is 4.79 Å². The lowest BCUT2D eigenvalue weighted by molar-refractivity contribution is -0.143. The Labute approximate surface area is 124 Å². The van der Waals surface area contributed by atoms with E-state index in [4.69, 9.17) is 5.11 Å². The maximum atomic E-state index is 11.9. The molecule has 1 atom stereocenters. The Bertz CT molecular complexity index is 392. The van der Waals surface area contributed by atoms with Gasteiger partial charge in [0.25, 0.3) is 0 Å². The van der Waals surface area contributed by atoms with Crippen LogP contribution in [-0.2, 0) is 9.59 Å². The van der Waals surface area contributed by atoms with Crippen LogP contribution >= 0.6 is 0 Å². The van der Waals surface area contributed by atoms with Gasteiger partial charge in [0.2, 0.25) is 5.91 Å². The van der Waals surface area contributed by atoms with Crippen LogP contribution in [0.1, 0.15) is 13.3 Å². The molecular weight excluding hydrogens is 276 g/mol. The highest BCUT2D eigenvalue weighted by atomic mass is 16.4. The van der Waals surface area contributed by atoms with Crippen molar-refractivity contribution in [3.05, 3.63) is 0 Å². The fraction of sp³-hybridized carbons (Fsp3) is 0.769. The second-order valence-electron chi connectivity index (χ2n) is 5.31. The van der Waals surface area contributed by atoms with Gasteiger partial charge in [0, 0.05) is 53.2 Å². The molecule has 0 radical (unpaired) electrons. The van der Waals surface area contributed by atoms with Crippen LogP contribution in [0.15, 0.2) is 0 Å². The number of aliphatic carboxylic acids is 1. The van der Waals surface area contributed by atoms with Gasteiger partial charge in [-0.2, -0.15) is 0 Å². The molecule has 120 valence electrons.